The van der Waals surface area contributed by atoms with Gasteiger partial charge in [-0.15, -0.1) is 11.8 Å². The van der Waals surface area contributed by atoms with Crippen molar-refractivity contribution >= 4 is 40.9 Å². The van der Waals surface area contributed by atoms with Crippen LogP contribution in [0.2, 0.25) is 5.02 Å². The number of nitrogens with one attached hydrogen (secondary N) is 2. The van der Waals surface area contributed by atoms with Gasteiger partial charge in [0.05, 0.1) is 11.7 Å². The number of rotatable bonds is 9. The van der Waals surface area contributed by atoms with Gasteiger partial charge in [-0.3, -0.25) is 15.0 Å². The van der Waals surface area contributed by atoms with E-state index in [0.717, 1.165) is 36.9 Å². The molecule has 0 bridgehead atoms. The molecule has 9 nitrogen and oxygen atoms in total. The van der Waals surface area contributed by atoms with E-state index in [1.54, 1.807) is 23.9 Å². The van der Waals surface area contributed by atoms with Crippen LogP contribution in [0.4, 0.5) is 18.9 Å². The van der Waals surface area contributed by atoms with Crippen LogP contribution in [-0.2, 0) is 9.59 Å². The lowest BCUT2D eigenvalue weighted by molar-refractivity contribution is -0.192. The first-order valence-corrected chi connectivity index (χ1v) is 13.5. The van der Waals surface area contributed by atoms with E-state index in [0.29, 0.717) is 23.0 Å². The number of carbonyl (C=O) groups excluding carboxylic acids is 1. The molecule has 2 fully saturated rings. The fraction of sp³-hybridized carbons (Fsp3) is 0.440. The van der Waals surface area contributed by atoms with Crippen molar-refractivity contribution in [3.8, 4) is 11.5 Å². The number of aliphatic hydroxyl groups excluding tert-OH is 1. The summed E-state index contributed by atoms with van der Waals surface area (Å²) in [5, 5.41) is 24.4. The van der Waals surface area contributed by atoms with E-state index in [9.17, 15) is 23.1 Å². The van der Waals surface area contributed by atoms with E-state index in [1.807, 2.05) is 36.4 Å². The molecular weight excluding hydrogens is 563 g/mol. The van der Waals surface area contributed by atoms with Crippen LogP contribution < -0.4 is 20.1 Å². The maximum absolute atomic E-state index is 12.4. The summed E-state index contributed by atoms with van der Waals surface area (Å²) in [5.74, 6) is 0.0606. The molecule has 0 radical (unpaired) electrons. The van der Waals surface area contributed by atoms with Crippen LogP contribution in [0.25, 0.3) is 0 Å². The van der Waals surface area contributed by atoms with E-state index in [-0.39, 0.29) is 24.7 Å². The minimum atomic E-state index is -5.08. The summed E-state index contributed by atoms with van der Waals surface area (Å²) in [5.41, 5.74) is 0.612. The third kappa shape index (κ3) is 10.4. The number of likely N-dealkylation sites (tertiary alicyclic amines) is 1. The molecule has 2 aliphatic heterocycles. The molecule has 2 aromatic rings. The molecule has 0 spiro atoms. The second kappa shape index (κ2) is 14.6. The average Bonchev–Trinajstić information content (AvgIpc) is 3.57. The fourth-order valence-corrected chi connectivity index (χ4v) is 4.85. The van der Waals surface area contributed by atoms with Crippen molar-refractivity contribution in [2.45, 2.75) is 30.8 Å². The Morgan fingerprint density at radius 2 is 1.90 bits per heavy atom. The number of hydrogen-bond acceptors (Lipinski definition) is 8. The van der Waals surface area contributed by atoms with Gasteiger partial charge in [-0.2, -0.15) is 13.2 Å². The highest BCUT2D eigenvalue weighted by molar-refractivity contribution is 7.99. The molecule has 4 N–H and O–H groups in total. The van der Waals surface area contributed by atoms with Gasteiger partial charge in [0.1, 0.15) is 30.3 Å². The van der Waals surface area contributed by atoms with Crippen LogP contribution >= 0.6 is 23.4 Å². The molecule has 2 aliphatic rings. The van der Waals surface area contributed by atoms with Crippen molar-refractivity contribution in [1.29, 1.82) is 0 Å². The number of para-hydroxylation sites is 2. The second-order valence-electron chi connectivity index (χ2n) is 8.77. The summed E-state index contributed by atoms with van der Waals surface area (Å²) < 4.78 is 43.6. The van der Waals surface area contributed by atoms with Crippen molar-refractivity contribution in [3.05, 3.63) is 53.6 Å². The standard InChI is InChI=1S/C23H28ClN3O4S.C2HF3O2/c24-16-5-7-18(8-6-16)31-19-9-10-27(12-19)11-17(28)13-30-22-4-2-1-3-20(22)26-23(29)21-14-32-15-25-21;3-2(4,5)1(6)7/h1-8,17,19,21,25,28H,9-15H2,(H,26,29);(H,6,7)/t17?,19?,21-;/m0./s1. The summed E-state index contributed by atoms with van der Waals surface area (Å²) in [7, 11) is 0. The number of carboxylic acid groups (broad SMARTS) is 1. The number of aliphatic hydroxyl groups is 1. The van der Waals surface area contributed by atoms with Crippen LogP contribution in [0.3, 0.4) is 0 Å². The number of ether oxygens (including phenoxy) is 2. The Morgan fingerprint density at radius 3 is 2.54 bits per heavy atom. The zero-order valence-electron chi connectivity index (χ0n) is 20.7. The normalized spacial score (nSPS) is 20.0. The lowest BCUT2D eigenvalue weighted by atomic mass is 10.2. The molecule has 2 aromatic carbocycles. The van der Waals surface area contributed by atoms with E-state index >= 15 is 0 Å². The zero-order valence-corrected chi connectivity index (χ0v) is 22.3. The van der Waals surface area contributed by atoms with Gasteiger partial charge in [0.2, 0.25) is 5.91 Å². The second-order valence-corrected chi connectivity index (χ2v) is 10.2. The summed E-state index contributed by atoms with van der Waals surface area (Å²) in [6.07, 6.45) is -4.75. The summed E-state index contributed by atoms with van der Waals surface area (Å²) >= 11 is 7.62. The Hall–Kier alpha value is -2.71. The van der Waals surface area contributed by atoms with E-state index in [4.69, 9.17) is 31.0 Å². The number of benzene rings is 2. The Bertz CT molecular complexity index is 1090. The molecule has 214 valence electrons. The lowest BCUT2D eigenvalue weighted by Gasteiger charge is -2.21. The van der Waals surface area contributed by atoms with Crippen molar-refractivity contribution < 1.29 is 42.4 Å². The molecule has 2 heterocycles. The van der Waals surface area contributed by atoms with E-state index in [1.165, 1.54) is 0 Å². The van der Waals surface area contributed by atoms with Gasteiger partial charge in [-0.1, -0.05) is 23.7 Å². The van der Waals surface area contributed by atoms with E-state index in [2.05, 4.69) is 15.5 Å². The molecule has 3 atom stereocenters. The number of anilines is 1. The molecule has 0 aromatic heterocycles. The minimum Gasteiger partial charge on any atom is -0.489 e. The Morgan fingerprint density at radius 1 is 1.21 bits per heavy atom. The highest BCUT2D eigenvalue weighted by atomic mass is 35.5. The van der Waals surface area contributed by atoms with Gasteiger partial charge < -0.3 is 25.0 Å². The van der Waals surface area contributed by atoms with Gasteiger partial charge in [0, 0.05) is 36.3 Å². The Kier molecular flexibility index (Phi) is 11.5. The first-order valence-electron chi connectivity index (χ1n) is 12.0. The van der Waals surface area contributed by atoms with E-state index < -0.39 is 18.2 Å². The minimum absolute atomic E-state index is 0.0737. The average molecular weight is 592 g/mol. The third-order valence-electron chi connectivity index (χ3n) is 5.67. The molecule has 4 rings (SSSR count). The number of carbonyl (C=O) groups is 2. The maximum Gasteiger partial charge on any atom is 0.490 e. The number of alkyl halides is 3. The number of hydrogen-bond donors (Lipinski definition) is 4. The first kappa shape index (κ1) is 30.8. The number of halogens is 4. The van der Waals surface area contributed by atoms with Crippen LogP contribution in [0, 0.1) is 0 Å². The monoisotopic (exact) mass is 591 g/mol. The molecule has 0 saturated carbocycles. The van der Waals surface area contributed by atoms with Crippen LogP contribution in [0.5, 0.6) is 11.5 Å². The molecule has 0 aliphatic carbocycles. The molecule has 14 heteroatoms. The number of amides is 1. The number of β-amino-alcohol motifs (C(OH)–C–C–N with tert-alkyl or cyclic N) is 1. The highest BCUT2D eigenvalue weighted by Gasteiger charge is 2.38. The summed E-state index contributed by atoms with van der Waals surface area (Å²) in [6, 6.07) is 14.5. The smallest absolute Gasteiger partial charge is 0.489 e. The summed E-state index contributed by atoms with van der Waals surface area (Å²) in [4.78, 5) is 23.5. The largest absolute Gasteiger partial charge is 0.490 e. The van der Waals surface area contributed by atoms with Crippen molar-refractivity contribution in [2.75, 3.05) is 43.2 Å². The third-order valence-corrected chi connectivity index (χ3v) is 6.86. The molecule has 1 amide bonds. The topological polar surface area (TPSA) is 120 Å². The summed E-state index contributed by atoms with van der Waals surface area (Å²) in [6.45, 7) is 2.24. The molecule has 2 saturated heterocycles. The first-order chi connectivity index (χ1) is 18.5. The predicted octanol–water partition coefficient (Wildman–Crippen LogP) is 3.47. The number of thioether (sulfide) groups is 1. The molecule has 2 unspecified atom stereocenters. The fourth-order valence-electron chi connectivity index (χ4n) is 3.78. The van der Waals surface area contributed by atoms with Crippen LogP contribution in [-0.4, -0.2) is 89.3 Å². The van der Waals surface area contributed by atoms with Crippen molar-refractivity contribution in [3.63, 3.8) is 0 Å². The van der Waals surface area contributed by atoms with Gasteiger partial charge in [-0.05, 0) is 42.8 Å². The highest BCUT2D eigenvalue weighted by Crippen LogP contribution is 2.25. The Balaban J connectivity index is 0.000000532. The van der Waals surface area contributed by atoms with Gasteiger partial charge >= 0.3 is 12.1 Å². The van der Waals surface area contributed by atoms with Gasteiger partial charge in [0.15, 0.2) is 0 Å². The molecule has 39 heavy (non-hydrogen) atoms. The van der Waals surface area contributed by atoms with Gasteiger partial charge in [0.25, 0.3) is 0 Å². The number of aliphatic carboxylic acids is 1. The maximum atomic E-state index is 12.4. The van der Waals surface area contributed by atoms with Gasteiger partial charge in [-0.25, -0.2) is 4.79 Å². The van der Waals surface area contributed by atoms with Crippen LogP contribution in [0.1, 0.15) is 6.42 Å². The number of carboxylic acids is 1. The molecular formula is C25H29ClF3N3O6S. The van der Waals surface area contributed by atoms with Crippen molar-refractivity contribution in [2.24, 2.45) is 0 Å². The Labute approximate surface area is 232 Å². The lowest BCUT2D eigenvalue weighted by Crippen LogP contribution is -2.37. The quantitative estimate of drug-likeness (QED) is 0.347. The number of nitrogens with zero attached hydrogens (tertiary/aromatic N) is 1. The SMILES string of the molecule is O=C(Nc1ccccc1OCC(O)CN1CCC(Oc2ccc(Cl)cc2)C1)[C@@H]1CSCN1.O=C(O)C(F)(F)F. The predicted molar refractivity (Wildman–Crippen MR) is 141 cm³/mol. The van der Waals surface area contributed by atoms with Crippen LogP contribution in [0.15, 0.2) is 48.5 Å². The zero-order chi connectivity index (χ0) is 28.4. The van der Waals surface area contributed by atoms with Crippen molar-refractivity contribution in [1.82, 2.24) is 10.2 Å².